The van der Waals surface area contributed by atoms with E-state index < -0.39 is 0 Å². The first-order valence-corrected chi connectivity index (χ1v) is 3.18. The lowest BCUT2D eigenvalue weighted by Gasteiger charge is -1.92. The minimum absolute atomic E-state index is 0.245. The van der Waals surface area contributed by atoms with E-state index in [2.05, 4.69) is 26.2 Å². The molecule has 1 amide bonds. The predicted octanol–water partition coefficient (Wildman–Crippen LogP) is 1.94. The van der Waals surface area contributed by atoms with Gasteiger partial charge in [0.25, 0.3) is 4.82 Å². The summed E-state index contributed by atoms with van der Waals surface area (Å²) in [6.45, 7) is 0. The second kappa shape index (κ2) is 2.68. The van der Waals surface area contributed by atoms with Gasteiger partial charge in [0.15, 0.2) is 0 Å². The molecule has 0 aromatic carbocycles. The molecular weight excluding hydrogens is 184 g/mol. The van der Waals surface area contributed by atoms with Gasteiger partial charge in [0.05, 0.1) is 0 Å². The zero-order valence-electron chi connectivity index (χ0n) is 4.52. The molecule has 3 nitrogen and oxygen atoms in total. The van der Waals surface area contributed by atoms with E-state index in [1.807, 2.05) is 0 Å². The Balaban J connectivity index is 2.58. The lowest BCUT2D eigenvalue weighted by atomic mass is 10.6. The Morgan fingerprint density at radius 1 is 1.78 bits per heavy atom. The van der Waals surface area contributed by atoms with Crippen molar-refractivity contribution in [3.63, 3.8) is 0 Å². The zero-order valence-corrected chi connectivity index (χ0v) is 6.10. The number of rotatable bonds is 1. The van der Waals surface area contributed by atoms with Gasteiger partial charge in [-0.25, -0.2) is 0 Å². The highest BCUT2D eigenvalue weighted by Crippen LogP contribution is 2.02. The van der Waals surface area contributed by atoms with Crippen LogP contribution in [0.4, 0.5) is 10.6 Å². The Bertz CT molecular complexity index is 195. The molecule has 0 saturated heterocycles. The van der Waals surface area contributed by atoms with E-state index in [0.29, 0.717) is 5.82 Å². The molecule has 1 aromatic heterocycles. The van der Waals surface area contributed by atoms with Crippen LogP contribution in [0.2, 0.25) is 0 Å². The summed E-state index contributed by atoms with van der Waals surface area (Å²) in [6, 6.07) is 3.57. The van der Waals surface area contributed by atoms with Crippen molar-refractivity contribution in [2.45, 2.75) is 0 Å². The second-order valence-electron chi connectivity index (χ2n) is 1.48. The van der Waals surface area contributed by atoms with Gasteiger partial charge in [-0.3, -0.25) is 4.79 Å². The third-order valence-corrected chi connectivity index (χ3v) is 1.03. The molecule has 0 aliphatic rings. The first-order chi connectivity index (χ1) is 4.29. The van der Waals surface area contributed by atoms with Crippen LogP contribution in [0.5, 0.6) is 0 Å². The number of aromatic amines is 1. The van der Waals surface area contributed by atoms with Gasteiger partial charge >= 0.3 is 0 Å². The molecule has 0 atom stereocenters. The number of carbonyl (C=O) groups excluding carboxylic acids is 1. The summed E-state index contributed by atoms with van der Waals surface area (Å²) in [5.41, 5.74) is 0. The van der Waals surface area contributed by atoms with Crippen molar-refractivity contribution in [3.05, 3.63) is 18.3 Å². The van der Waals surface area contributed by atoms with Crippen LogP contribution < -0.4 is 5.32 Å². The fraction of sp³-hybridized carbons (Fsp3) is 0. The Kier molecular flexibility index (Phi) is 1.89. The minimum atomic E-state index is -0.245. The zero-order chi connectivity index (χ0) is 6.69. The molecule has 0 spiro atoms. The maximum atomic E-state index is 10.3. The standard InChI is InChI=1S/C5H5BrN2O/c6-5(9)8-4-2-1-3-7-4/h1-3,7H,(H,8,9). The third-order valence-electron chi connectivity index (χ3n) is 0.831. The maximum Gasteiger partial charge on any atom is 0.292 e. The van der Waals surface area contributed by atoms with E-state index in [9.17, 15) is 4.79 Å². The van der Waals surface area contributed by atoms with Crippen LogP contribution in [-0.4, -0.2) is 9.80 Å². The third kappa shape index (κ3) is 1.89. The second-order valence-corrected chi connectivity index (χ2v) is 2.20. The van der Waals surface area contributed by atoms with Crippen LogP contribution >= 0.6 is 15.9 Å². The van der Waals surface area contributed by atoms with Crippen LogP contribution in [0.25, 0.3) is 0 Å². The normalized spacial score (nSPS) is 9.00. The number of halogens is 1. The van der Waals surface area contributed by atoms with Gasteiger partial charge in [0.1, 0.15) is 5.82 Å². The maximum absolute atomic E-state index is 10.3. The summed E-state index contributed by atoms with van der Waals surface area (Å²) in [5.74, 6) is 0.692. The van der Waals surface area contributed by atoms with Crippen molar-refractivity contribution in [1.29, 1.82) is 0 Å². The van der Waals surface area contributed by atoms with Crippen molar-refractivity contribution < 1.29 is 4.79 Å². The quantitative estimate of drug-likeness (QED) is 0.514. The molecular formula is C5H5BrN2O. The molecule has 0 radical (unpaired) electrons. The fourth-order valence-corrected chi connectivity index (χ4v) is 0.728. The monoisotopic (exact) mass is 188 g/mol. The molecule has 9 heavy (non-hydrogen) atoms. The molecule has 0 saturated carbocycles. The molecule has 2 N–H and O–H groups in total. The number of anilines is 1. The lowest BCUT2D eigenvalue weighted by Crippen LogP contribution is -1.99. The summed E-state index contributed by atoms with van der Waals surface area (Å²) >= 11 is 2.73. The van der Waals surface area contributed by atoms with Crippen molar-refractivity contribution in [2.75, 3.05) is 5.32 Å². The molecule has 1 aromatic rings. The summed E-state index contributed by atoms with van der Waals surface area (Å²) < 4.78 is 0. The number of nitrogens with one attached hydrogen (secondary N) is 2. The highest BCUT2D eigenvalue weighted by Gasteiger charge is 1.93. The van der Waals surface area contributed by atoms with Gasteiger partial charge in [0.2, 0.25) is 0 Å². The number of hydrogen-bond acceptors (Lipinski definition) is 1. The van der Waals surface area contributed by atoms with E-state index in [0.717, 1.165) is 0 Å². The predicted molar refractivity (Wildman–Crippen MR) is 38.7 cm³/mol. The van der Waals surface area contributed by atoms with E-state index in [1.165, 1.54) is 0 Å². The highest BCUT2D eigenvalue weighted by atomic mass is 79.9. The molecule has 0 unspecified atom stereocenters. The van der Waals surface area contributed by atoms with E-state index in [1.54, 1.807) is 18.3 Å². The molecule has 0 bridgehead atoms. The molecule has 0 fully saturated rings. The van der Waals surface area contributed by atoms with Gasteiger partial charge in [-0.05, 0) is 12.1 Å². The Labute approximate surface area is 60.6 Å². The number of aromatic nitrogens is 1. The van der Waals surface area contributed by atoms with Crippen LogP contribution in [0, 0.1) is 0 Å². The SMILES string of the molecule is O=C(Br)Nc1ccc[nH]1. The van der Waals surface area contributed by atoms with Gasteiger partial charge in [-0.1, -0.05) is 0 Å². The summed E-state index contributed by atoms with van der Waals surface area (Å²) in [7, 11) is 0. The summed E-state index contributed by atoms with van der Waals surface area (Å²) in [4.78, 5) is 12.9. The van der Waals surface area contributed by atoms with Crippen molar-refractivity contribution in [3.8, 4) is 0 Å². The Hall–Kier alpha value is -0.770. The van der Waals surface area contributed by atoms with Crippen LogP contribution in [0.15, 0.2) is 18.3 Å². The van der Waals surface area contributed by atoms with Gasteiger partial charge in [-0.2, -0.15) is 0 Å². The number of carbonyl (C=O) groups is 1. The minimum Gasteiger partial charge on any atom is -0.348 e. The van der Waals surface area contributed by atoms with Gasteiger partial charge in [-0.15, -0.1) is 0 Å². The lowest BCUT2D eigenvalue weighted by molar-refractivity contribution is 0.270. The van der Waals surface area contributed by atoms with Crippen LogP contribution in [0.3, 0.4) is 0 Å². The number of amides is 1. The Morgan fingerprint density at radius 2 is 2.56 bits per heavy atom. The van der Waals surface area contributed by atoms with Crippen LogP contribution in [0.1, 0.15) is 0 Å². The van der Waals surface area contributed by atoms with Crippen molar-refractivity contribution in [1.82, 2.24) is 4.98 Å². The van der Waals surface area contributed by atoms with E-state index in [4.69, 9.17) is 0 Å². The fourth-order valence-electron chi connectivity index (χ4n) is 0.514. The summed E-state index contributed by atoms with van der Waals surface area (Å²) in [6.07, 6.45) is 1.73. The van der Waals surface area contributed by atoms with E-state index in [-0.39, 0.29) is 4.82 Å². The van der Waals surface area contributed by atoms with Crippen molar-refractivity contribution in [2.24, 2.45) is 0 Å². The summed E-state index contributed by atoms with van der Waals surface area (Å²) in [5, 5.41) is 2.51. The molecule has 1 heterocycles. The van der Waals surface area contributed by atoms with Crippen molar-refractivity contribution >= 4 is 26.6 Å². The number of H-pyrrole nitrogens is 1. The first-order valence-electron chi connectivity index (χ1n) is 2.39. The molecule has 0 aliphatic heterocycles. The largest absolute Gasteiger partial charge is 0.348 e. The average molecular weight is 189 g/mol. The smallest absolute Gasteiger partial charge is 0.292 e. The Morgan fingerprint density at radius 3 is 3.00 bits per heavy atom. The topological polar surface area (TPSA) is 44.9 Å². The average Bonchev–Trinajstić information content (AvgIpc) is 2.15. The molecule has 1 rings (SSSR count). The van der Waals surface area contributed by atoms with Gasteiger partial charge < -0.3 is 10.3 Å². The van der Waals surface area contributed by atoms with Gasteiger partial charge in [0, 0.05) is 22.1 Å². The van der Waals surface area contributed by atoms with E-state index >= 15 is 0 Å². The molecule has 48 valence electrons. The first kappa shape index (κ1) is 6.35. The van der Waals surface area contributed by atoms with Crippen LogP contribution in [-0.2, 0) is 0 Å². The highest BCUT2D eigenvalue weighted by molar-refractivity contribution is 9.18. The number of hydrogen-bond donors (Lipinski definition) is 2. The molecule has 0 aliphatic carbocycles. The molecule has 4 heteroatoms.